The van der Waals surface area contributed by atoms with Crippen molar-refractivity contribution in [1.82, 2.24) is 0 Å². The summed E-state index contributed by atoms with van der Waals surface area (Å²) in [6.45, 7) is 4.14. The van der Waals surface area contributed by atoms with E-state index in [2.05, 4.69) is 16.5 Å². The van der Waals surface area contributed by atoms with E-state index in [1.165, 1.54) is 17.8 Å². The minimum Gasteiger partial charge on any atom is -0.298 e. The number of carbonyl (C=O) groups excluding carboxylic acids is 1. The topological polar surface area (TPSA) is 85.2 Å². The Kier molecular flexibility index (Phi) is 6.66. The maximum Gasteiger partial charge on any atom is 0.365 e. The van der Waals surface area contributed by atoms with Gasteiger partial charge in [0, 0.05) is 16.6 Å². The molecule has 29 heavy (non-hydrogen) atoms. The van der Waals surface area contributed by atoms with Crippen molar-refractivity contribution in [3.8, 4) is 11.1 Å². The van der Waals surface area contributed by atoms with Gasteiger partial charge < -0.3 is 0 Å². The summed E-state index contributed by atoms with van der Waals surface area (Å²) >= 11 is 1.17. The van der Waals surface area contributed by atoms with E-state index in [9.17, 15) is 13.2 Å². The molecule has 1 aliphatic rings. The summed E-state index contributed by atoms with van der Waals surface area (Å²) in [5.74, 6) is 0.570. The van der Waals surface area contributed by atoms with Crippen LogP contribution in [0.25, 0.3) is 11.1 Å². The lowest BCUT2D eigenvalue weighted by molar-refractivity contribution is 0.112. The first-order valence-corrected chi connectivity index (χ1v) is 11.3. The SMILES string of the molecule is Cc1cc(C)c(-c2ccc(C=O)cc2)c(CN=NOS(=O)(=O)C2=CC=CCS2)c1. The lowest BCUT2D eigenvalue weighted by Crippen LogP contribution is -2.04. The van der Waals surface area contributed by atoms with Crippen molar-refractivity contribution in [3.63, 3.8) is 0 Å². The van der Waals surface area contributed by atoms with Crippen LogP contribution < -0.4 is 0 Å². The largest absolute Gasteiger partial charge is 0.365 e. The Morgan fingerprint density at radius 1 is 1.17 bits per heavy atom. The molecule has 0 spiro atoms. The van der Waals surface area contributed by atoms with Crippen LogP contribution in [-0.2, 0) is 20.9 Å². The van der Waals surface area contributed by atoms with E-state index >= 15 is 0 Å². The van der Waals surface area contributed by atoms with Crippen molar-refractivity contribution in [2.75, 3.05) is 5.75 Å². The van der Waals surface area contributed by atoms with Gasteiger partial charge in [-0.15, -0.1) is 16.9 Å². The molecule has 150 valence electrons. The molecule has 0 radical (unpaired) electrons. The van der Waals surface area contributed by atoms with Crippen LogP contribution in [0, 0.1) is 13.8 Å². The van der Waals surface area contributed by atoms with Crippen molar-refractivity contribution >= 4 is 28.2 Å². The van der Waals surface area contributed by atoms with Crippen molar-refractivity contribution in [2.45, 2.75) is 20.4 Å². The van der Waals surface area contributed by atoms with Gasteiger partial charge in [-0.05, 0) is 42.2 Å². The molecule has 0 aliphatic carbocycles. The number of nitrogens with zero attached hydrogens (tertiary/aromatic N) is 2. The molecule has 0 N–H and O–H groups in total. The maximum absolute atomic E-state index is 12.1. The van der Waals surface area contributed by atoms with E-state index in [0.29, 0.717) is 11.3 Å². The lowest BCUT2D eigenvalue weighted by Gasteiger charge is -2.13. The fourth-order valence-corrected chi connectivity index (χ4v) is 4.94. The standard InChI is InChI=1S/C21H20N2O4S2/c1-15-11-16(2)21(18-8-6-17(14-24)7-9-18)19(12-15)13-22-23-27-29(25,26)20-5-3-4-10-28-20/h3-9,11-12,14H,10,13H2,1-2H3. The first kappa shape index (κ1) is 21.0. The average Bonchev–Trinajstić information content (AvgIpc) is 2.72. The molecule has 6 nitrogen and oxygen atoms in total. The summed E-state index contributed by atoms with van der Waals surface area (Å²) in [4.78, 5) is 10.9. The molecule has 0 bridgehead atoms. The minimum atomic E-state index is -3.94. The number of rotatable bonds is 7. The highest BCUT2D eigenvalue weighted by Crippen LogP contribution is 2.30. The molecule has 3 rings (SSSR count). The van der Waals surface area contributed by atoms with Gasteiger partial charge in [-0.25, -0.2) is 4.28 Å². The number of thioether (sulfide) groups is 1. The quantitative estimate of drug-likeness (QED) is 0.346. The third-order valence-electron chi connectivity index (χ3n) is 4.26. The second kappa shape index (κ2) is 9.19. The number of hydrogen-bond donors (Lipinski definition) is 0. The van der Waals surface area contributed by atoms with Crippen LogP contribution in [0.15, 0.2) is 69.3 Å². The number of allylic oxidation sites excluding steroid dienone is 2. The molecule has 0 unspecified atom stereocenters. The first-order chi connectivity index (χ1) is 13.9. The molecule has 1 heterocycles. The molecule has 0 atom stereocenters. The van der Waals surface area contributed by atoms with E-state index in [0.717, 1.165) is 34.1 Å². The fraction of sp³-hybridized carbons (Fsp3) is 0.190. The first-order valence-electron chi connectivity index (χ1n) is 8.86. The summed E-state index contributed by atoms with van der Waals surface area (Å²) in [5, 5.41) is 7.38. The Morgan fingerprint density at radius 3 is 2.59 bits per heavy atom. The van der Waals surface area contributed by atoms with Gasteiger partial charge in [0.1, 0.15) is 10.5 Å². The molecular weight excluding hydrogens is 408 g/mol. The maximum atomic E-state index is 12.1. The summed E-state index contributed by atoms with van der Waals surface area (Å²) < 4.78 is 29.1. The summed E-state index contributed by atoms with van der Waals surface area (Å²) in [6.07, 6.45) is 5.80. The normalized spacial score (nSPS) is 14.1. The Labute approximate surface area is 174 Å². The molecule has 8 heteroatoms. The lowest BCUT2D eigenvalue weighted by atomic mass is 9.92. The van der Waals surface area contributed by atoms with Gasteiger partial charge in [-0.2, -0.15) is 8.42 Å². The molecular formula is C21H20N2O4S2. The highest BCUT2D eigenvalue weighted by Gasteiger charge is 2.20. The monoisotopic (exact) mass is 428 g/mol. The highest BCUT2D eigenvalue weighted by atomic mass is 32.3. The van der Waals surface area contributed by atoms with Crippen LogP contribution in [0.1, 0.15) is 27.0 Å². The smallest absolute Gasteiger partial charge is 0.298 e. The Morgan fingerprint density at radius 2 is 1.93 bits per heavy atom. The van der Waals surface area contributed by atoms with Crippen molar-refractivity contribution in [2.24, 2.45) is 10.4 Å². The summed E-state index contributed by atoms with van der Waals surface area (Å²) in [5.41, 5.74) is 5.53. The highest BCUT2D eigenvalue weighted by molar-refractivity contribution is 8.17. The van der Waals surface area contributed by atoms with Gasteiger partial charge in [-0.1, -0.05) is 54.1 Å². The second-order valence-corrected chi connectivity index (χ2v) is 9.31. The number of benzene rings is 2. The Balaban J connectivity index is 1.81. The molecule has 0 fully saturated rings. The zero-order chi connectivity index (χ0) is 20.9. The molecule has 1 aliphatic heterocycles. The average molecular weight is 429 g/mol. The van der Waals surface area contributed by atoms with Crippen molar-refractivity contribution in [3.05, 3.63) is 81.1 Å². The number of aryl methyl sites for hydroxylation is 2. The summed E-state index contributed by atoms with van der Waals surface area (Å²) in [6, 6.07) is 11.3. The van der Waals surface area contributed by atoms with Gasteiger partial charge in [0.25, 0.3) is 0 Å². The van der Waals surface area contributed by atoms with Gasteiger partial charge in [0.15, 0.2) is 0 Å². The van der Waals surface area contributed by atoms with Crippen molar-refractivity contribution in [1.29, 1.82) is 0 Å². The fourth-order valence-electron chi connectivity index (χ4n) is 3.07. The summed E-state index contributed by atoms with van der Waals surface area (Å²) in [7, 11) is -3.94. The number of hydrogen-bond acceptors (Lipinski definition) is 7. The molecule has 0 saturated heterocycles. The zero-order valence-corrected chi connectivity index (χ0v) is 17.7. The van der Waals surface area contributed by atoms with Crippen molar-refractivity contribution < 1.29 is 17.5 Å². The van der Waals surface area contributed by atoms with Crippen LogP contribution in [0.5, 0.6) is 0 Å². The van der Waals surface area contributed by atoms with E-state index in [1.54, 1.807) is 18.2 Å². The number of aldehydes is 1. The van der Waals surface area contributed by atoms with Gasteiger partial charge in [-0.3, -0.25) is 4.79 Å². The van der Waals surface area contributed by atoms with Gasteiger partial charge in [0.2, 0.25) is 0 Å². The Bertz CT molecular complexity index is 1100. The molecule has 0 amide bonds. The molecule has 2 aromatic rings. The van der Waals surface area contributed by atoms with E-state index in [-0.39, 0.29) is 10.8 Å². The van der Waals surface area contributed by atoms with Crippen LogP contribution >= 0.6 is 11.8 Å². The van der Waals surface area contributed by atoms with E-state index < -0.39 is 10.1 Å². The third kappa shape index (κ3) is 5.21. The van der Waals surface area contributed by atoms with Crippen LogP contribution in [-0.4, -0.2) is 20.5 Å². The second-order valence-electron chi connectivity index (χ2n) is 6.49. The number of carbonyl (C=O) groups is 1. The predicted octanol–water partition coefficient (Wildman–Crippen LogP) is 5.14. The molecule has 2 aromatic carbocycles. The van der Waals surface area contributed by atoms with Crippen LogP contribution in [0.2, 0.25) is 0 Å². The third-order valence-corrected chi connectivity index (χ3v) is 6.90. The minimum absolute atomic E-state index is 0.112. The van der Waals surface area contributed by atoms with Gasteiger partial charge in [0.05, 0.1) is 6.54 Å². The van der Waals surface area contributed by atoms with Crippen LogP contribution in [0.3, 0.4) is 0 Å². The molecule has 0 aromatic heterocycles. The van der Waals surface area contributed by atoms with Crippen LogP contribution in [0.4, 0.5) is 0 Å². The Hall–Kier alpha value is -2.71. The van der Waals surface area contributed by atoms with E-state index in [1.807, 2.05) is 38.1 Å². The zero-order valence-electron chi connectivity index (χ0n) is 16.0. The predicted molar refractivity (Wildman–Crippen MR) is 115 cm³/mol. The molecule has 0 saturated carbocycles. The van der Waals surface area contributed by atoms with Gasteiger partial charge >= 0.3 is 10.1 Å². The van der Waals surface area contributed by atoms with E-state index in [4.69, 9.17) is 4.28 Å².